The van der Waals surface area contributed by atoms with Crippen LogP contribution in [0.3, 0.4) is 0 Å². The van der Waals surface area contributed by atoms with Gasteiger partial charge >= 0.3 is 0 Å². The zero-order chi connectivity index (χ0) is 11.9. The standard InChI is InChI=1S/C16H16N2/c1-3-7-11(8-4-1)13-14-15(13)18-16(17-14)12-9-5-2-6-10-12/h1-10,13-18H. The molecule has 2 unspecified atom stereocenters. The Morgan fingerprint density at radius 2 is 1.11 bits per heavy atom. The first-order valence-electron chi connectivity index (χ1n) is 6.55. The van der Waals surface area contributed by atoms with Crippen LogP contribution in [0.1, 0.15) is 23.2 Å². The summed E-state index contributed by atoms with van der Waals surface area (Å²) in [5, 5.41) is 7.36. The fraction of sp³-hybridized carbons (Fsp3) is 0.250. The van der Waals surface area contributed by atoms with Gasteiger partial charge in [-0.1, -0.05) is 60.7 Å². The lowest BCUT2D eigenvalue weighted by molar-refractivity contribution is 0.498. The van der Waals surface area contributed by atoms with Crippen molar-refractivity contribution in [2.45, 2.75) is 24.2 Å². The van der Waals surface area contributed by atoms with Crippen LogP contribution in [0, 0.1) is 0 Å². The van der Waals surface area contributed by atoms with E-state index in [1.54, 1.807) is 0 Å². The molecule has 0 bridgehead atoms. The van der Waals surface area contributed by atoms with Crippen LogP contribution in [0.4, 0.5) is 0 Å². The summed E-state index contributed by atoms with van der Waals surface area (Å²) in [4.78, 5) is 0. The smallest absolute Gasteiger partial charge is 0.0841 e. The molecule has 0 spiro atoms. The summed E-state index contributed by atoms with van der Waals surface area (Å²) in [5.41, 5.74) is 2.77. The van der Waals surface area contributed by atoms with Crippen molar-refractivity contribution < 1.29 is 0 Å². The lowest BCUT2D eigenvalue weighted by Gasteiger charge is -2.17. The molecule has 4 rings (SSSR count). The molecule has 90 valence electrons. The van der Waals surface area contributed by atoms with Gasteiger partial charge in [0.25, 0.3) is 0 Å². The van der Waals surface area contributed by atoms with Gasteiger partial charge in [0.05, 0.1) is 6.17 Å². The molecule has 1 aliphatic carbocycles. The molecule has 2 atom stereocenters. The number of nitrogens with one attached hydrogen (secondary N) is 2. The van der Waals surface area contributed by atoms with Crippen LogP contribution in [0.5, 0.6) is 0 Å². The minimum atomic E-state index is 0.321. The number of benzene rings is 2. The summed E-state index contributed by atoms with van der Waals surface area (Å²) in [6.45, 7) is 0. The third-order valence-electron chi connectivity index (χ3n) is 4.06. The molecule has 1 heterocycles. The molecule has 0 aromatic heterocycles. The molecular formula is C16H16N2. The zero-order valence-electron chi connectivity index (χ0n) is 10.1. The van der Waals surface area contributed by atoms with Gasteiger partial charge in [-0.15, -0.1) is 0 Å². The molecule has 2 aromatic rings. The Morgan fingerprint density at radius 1 is 0.611 bits per heavy atom. The van der Waals surface area contributed by atoms with Gasteiger partial charge in [0.1, 0.15) is 0 Å². The minimum absolute atomic E-state index is 0.321. The molecule has 2 aliphatic rings. The van der Waals surface area contributed by atoms with Gasteiger partial charge in [0, 0.05) is 18.0 Å². The van der Waals surface area contributed by atoms with Gasteiger partial charge in [0.15, 0.2) is 0 Å². The predicted molar refractivity (Wildman–Crippen MR) is 72.2 cm³/mol. The summed E-state index contributed by atoms with van der Waals surface area (Å²) < 4.78 is 0. The van der Waals surface area contributed by atoms with Gasteiger partial charge in [-0.3, -0.25) is 10.6 Å². The van der Waals surface area contributed by atoms with Gasteiger partial charge < -0.3 is 0 Å². The molecule has 1 saturated carbocycles. The maximum Gasteiger partial charge on any atom is 0.0841 e. The average Bonchev–Trinajstić information content (AvgIpc) is 2.95. The van der Waals surface area contributed by atoms with E-state index in [2.05, 4.69) is 71.3 Å². The van der Waals surface area contributed by atoms with Crippen molar-refractivity contribution in [2.24, 2.45) is 0 Å². The lowest BCUT2D eigenvalue weighted by Crippen LogP contribution is -2.29. The predicted octanol–water partition coefficient (Wildman–Crippen LogP) is 2.41. The van der Waals surface area contributed by atoms with Crippen molar-refractivity contribution >= 4 is 0 Å². The highest BCUT2D eigenvalue weighted by Crippen LogP contribution is 2.46. The molecule has 0 amide bonds. The van der Waals surface area contributed by atoms with E-state index in [1.807, 2.05) is 0 Å². The molecule has 1 saturated heterocycles. The van der Waals surface area contributed by atoms with Crippen LogP contribution in [0.25, 0.3) is 0 Å². The fourth-order valence-corrected chi connectivity index (χ4v) is 3.09. The van der Waals surface area contributed by atoms with E-state index < -0.39 is 0 Å². The Morgan fingerprint density at radius 3 is 1.67 bits per heavy atom. The lowest BCUT2D eigenvalue weighted by atomic mass is 10.1. The molecule has 18 heavy (non-hydrogen) atoms. The third kappa shape index (κ3) is 1.57. The Labute approximate surface area is 107 Å². The second-order valence-electron chi connectivity index (χ2n) is 5.17. The molecule has 2 N–H and O–H groups in total. The van der Waals surface area contributed by atoms with Crippen LogP contribution >= 0.6 is 0 Å². The van der Waals surface area contributed by atoms with Crippen LogP contribution in [0.2, 0.25) is 0 Å². The minimum Gasteiger partial charge on any atom is -0.293 e. The normalized spacial score (nSPS) is 33.1. The van der Waals surface area contributed by atoms with Gasteiger partial charge in [-0.25, -0.2) is 0 Å². The van der Waals surface area contributed by atoms with E-state index >= 15 is 0 Å². The summed E-state index contributed by atoms with van der Waals surface area (Å²) in [7, 11) is 0. The Bertz CT molecular complexity index is 488. The zero-order valence-corrected chi connectivity index (χ0v) is 10.1. The van der Waals surface area contributed by atoms with Gasteiger partial charge in [0.2, 0.25) is 0 Å². The summed E-state index contributed by atoms with van der Waals surface area (Å²) in [5.74, 6) is 0.645. The van der Waals surface area contributed by atoms with Gasteiger partial charge in [-0.2, -0.15) is 0 Å². The Hall–Kier alpha value is -1.64. The van der Waals surface area contributed by atoms with E-state index in [0.717, 1.165) is 0 Å². The Kier molecular flexibility index (Phi) is 2.25. The number of hydrogen-bond acceptors (Lipinski definition) is 2. The van der Waals surface area contributed by atoms with E-state index in [4.69, 9.17) is 0 Å². The number of rotatable bonds is 2. The quantitative estimate of drug-likeness (QED) is 0.836. The van der Waals surface area contributed by atoms with E-state index in [1.165, 1.54) is 11.1 Å². The summed E-state index contributed by atoms with van der Waals surface area (Å²) in [6.07, 6.45) is 0.321. The number of hydrogen-bond donors (Lipinski definition) is 2. The molecule has 2 heteroatoms. The second-order valence-corrected chi connectivity index (χ2v) is 5.17. The van der Waals surface area contributed by atoms with Crippen molar-refractivity contribution in [2.75, 3.05) is 0 Å². The highest BCUT2D eigenvalue weighted by atomic mass is 15.3. The fourth-order valence-electron chi connectivity index (χ4n) is 3.09. The first-order valence-corrected chi connectivity index (χ1v) is 6.55. The van der Waals surface area contributed by atoms with E-state index in [9.17, 15) is 0 Å². The number of fused-ring (bicyclic) bond motifs is 1. The van der Waals surface area contributed by atoms with Crippen molar-refractivity contribution in [1.82, 2.24) is 10.6 Å². The third-order valence-corrected chi connectivity index (χ3v) is 4.06. The van der Waals surface area contributed by atoms with Crippen LogP contribution in [-0.2, 0) is 0 Å². The average molecular weight is 236 g/mol. The van der Waals surface area contributed by atoms with Crippen molar-refractivity contribution in [1.29, 1.82) is 0 Å². The first-order chi connectivity index (χ1) is 8.93. The highest BCUT2D eigenvalue weighted by molar-refractivity contribution is 5.37. The summed E-state index contributed by atoms with van der Waals surface area (Å²) >= 11 is 0. The molecule has 1 aliphatic heterocycles. The molecular weight excluding hydrogens is 220 g/mol. The van der Waals surface area contributed by atoms with Crippen molar-refractivity contribution in [3.05, 3.63) is 71.8 Å². The maximum absolute atomic E-state index is 3.68. The molecule has 2 aromatic carbocycles. The van der Waals surface area contributed by atoms with E-state index in [0.29, 0.717) is 24.2 Å². The van der Waals surface area contributed by atoms with Gasteiger partial charge in [-0.05, 0) is 11.1 Å². The van der Waals surface area contributed by atoms with Crippen LogP contribution in [-0.4, -0.2) is 12.1 Å². The van der Waals surface area contributed by atoms with E-state index in [-0.39, 0.29) is 0 Å². The van der Waals surface area contributed by atoms with Crippen molar-refractivity contribution in [3.63, 3.8) is 0 Å². The molecule has 2 nitrogen and oxygen atoms in total. The largest absolute Gasteiger partial charge is 0.293 e. The Balaban J connectivity index is 1.48. The topological polar surface area (TPSA) is 24.1 Å². The van der Waals surface area contributed by atoms with Crippen LogP contribution in [0.15, 0.2) is 60.7 Å². The van der Waals surface area contributed by atoms with Crippen LogP contribution < -0.4 is 10.6 Å². The maximum atomic E-state index is 3.68. The molecule has 0 radical (unpaired) electrons. The molecule has 2 fully saturated rings. The summed E-state index contributed by atoms with van der Waals surface area (Å²) in [6, 6.07) is 22.6. The second kappa shape index (κ2) is 3.94. The van der Waals surface area contributed by atoms with Crippen molar-refractivity contribution in [3.8, 4) is 0 Å². The first kappa shape index (κ1) is 10.3. The SMILES string of the molecule is c1ccc(C2NC3C(N2)C3c2ccccc2)cc1. The highest BCUT2D eigenvalue weighted by Gasteiger charge is 2.56. The monoisotopic (exact) mass is 236 g/mol.